The third-order valence-electron chi connectivity index (χ3n) is 7.53. The van der Waals surface area contributed by atoms with E-state index in [1.54, 1.807) is 0 Å². The van der Waals surface area contributed by atoms with Gasteiger partial charge in [-0.15, -0.1) is 6.58 Å². The van der Waals surface area contributed by atoms with E-state index in [1.165, 1.54) is 5.57 Å². The van der Waals surface area contributed by atoms with E-state index in [-0.39, 0.29) is 34.6 Å². The molecular weight excluding hydrogens is 288 g/mol. The van der Waals surface area contributed by atoms with Gasteiger partial charge in [0, 0.05) is 12.3 Å². The lowest BCUT2D eigenvalue weighted by Gasteiger charge is -2.56. The Labute approximate surface area is 138 Å². The van der Waals surface area contributed by atoms with Crippen LogP contribution in [0.3, 0.4) is 0 Å². The van der Waals surface area contributed by atoms with Gasteiger partial charge in [-0.2, -0.15) is 0 Å². The molecule has 3 nitrogen and oxygen atoms in total. The number of ether oxygens (including phenoxy) is 1. The van der Waals surface area contributed by atoms with Gasteiger partial charge in [0.2, 0.25) is 0 Å². The topological polar surface area (TPSA) is 43.4 Å². The summed E-state index contributed by atoms with van der Waals surface area (Å²) in [5, 5.41) is 0. The van der Waals surface area contributed by atoms with Crippen molar-refractivity contribution in [2.45, 2.75) is 59.0 Å². The number of fused-ring (bicyclic) bond motifs is 2. The third-order valence-corrected chi connectivity index (χ3v) is 7.53. The van der Waals surface area contributed by atoms with Crippen molar-refractivity contribution in [3.63, 3.8) is 0 Å². The molecular formula is C20H26O3. The minimum absolute atomic E-state index is 0.00517. The van der Waals surface area contributed by atoms with Crippen molar-refractivity contribution >= 4 is 11.8 Å². The summed E-state index contributed by atoms with van der Waals surface area (Å²) in [6.45, 7) is 10.4. The molecule has 1 heterocycles. The Morgan fingerprint density at radius 1 is 1.26 bits per heavy atom. The zero-order valence-electron chi connectivity index (χ0n) is 14.4. The predicted octanol–water partition coefficient (Wildman–Crippen LogP) is 3.84. The number of carbonyl (C=O) groups excluding carboxylic acids is 2. The highest BCUT2D eigenvalue weighted by Gasteiger charge is 2.69. The first-order valence-electron chi connectivity index (χ1n) is 8.83. The minimum atomic E-state index is -0.932. The average molecular weight is 314 g/mol. The highest BCUT2D eigenvalue weighted by Crippen LogP contribution is 2.65. The minimum Gasteiger partial charge on any atom is -0.457 e. The van der Waals surface area contributed by atoms with Crippen molar-refractivity contribution < 1.29 is 14.3 Å². The van der Waals surface area contributed by atoms with Gasteiger partial charge in [0.15, 0.2) is 0 Å². The molecule has 0 amide bonds. The van der Waals surface area contributed by atoms with Gasteiger partial charge in [-0.25, -0.2) is 0 Å². The summed E-state index contributed by atoms with van der Waals surface area (Å²) in [6.07, 6.45) is 8.67. The summed E-state index contributed by atoms with van der Waals surface area (Å²) in [4.78, 5) is 25.1. The van der Waals surface area contributed by atoms with E-state index in [9.17, 15) is 9.59 Å². The van der Waals surface area contributed by atoms with Gasteiger partial charge in [0.25, 0.3) is 0 Å². The second kappa shape index (κ2) is 4.37. The largest absolute Gasteiger partial charge is 0.457 e. The molecule has 0 spiro atoms. The molecule has 2 unspecified atom stereocenters. The first-order valence-corrected chi connectivity index (χ1v) is 8.83. The van der Waals surface area contributed by atoms with Crippen molar-refractivity contribution in [2.24, 2.45) is 28.1 Å². The fraction of sp³-hybridized carbons (Fsp3) is 0.700. The third kappa shape index (κ3) is 1.71. The Morgan fingerprint density at radius 3 is 2.70 bits per heavy atom. The van der Waals surface area contributed by atoms with Crippen LogP contribution in [0, 0.1) is 28.1 Å². The maximum atomic E-state index is 12.6. The summed E-state index contributed by atoms with van der Waals surface area (Å²) >= 11 is 0. The van der Waals surface area contributed by atoms with Crippen LogP contribution in [-0.4, -0.2) is 17.9 Å². The molecule has 6 atom stereocenters. The fourth-order valence-electron chi connectivity index (χ4n) is 6.06. The van der Waals surface area contributed by atoms with Gasteiger partial charge in [0.05, 0.1) is 0 Å². The van der Waals surface area contributed by atoms with Crippen LogP contribution < -0.4 is 0 Å². The molecule has 0 radical (unpaired) electrons. The number of esters is 1. The van der Waals surface area contributed by atoms with E-state index >= 15 is 0 Å². The molecule has 23 heavy (non-hydrogen) atoms. The molecule has 3 aliphatic carbocycles. The van der Waals surface area contributed by atoms with Crippen LogP contribution in [0.25, 0.3) is 0 Å². The fourth-order valence-corrected chi connectivity index (χ4v) is 6.06. The van der Waals surface area contributed by atoms with Crippen LogP contribution in [0.4, 0.5) is 0 Å². The normalized spacial score (nSPS) is 51.4. The number of rotatable bonds is 1. The quantitative estimate of drug-likeness (QED) is 0.419. The monoisotopic (exact) mass is 314 g/mol. The van der Waals surface area contributed by atoms with Crippen molar-refractivity contribution in [1.29, 1.82) is 0 Å². The van der Waals surface area contributed by atoms with Gasteiger partial charge < -0.3 is 4.74 Å². The molecule has 4 rings (SSSR count). The van der Waals surface area contributed by atoms with Gasteiger partial charge in [0.1, 0.15) is 17.3 Å². The Bertz CT molecular complexity index is 647. The second-order valence-electron chi connectivity index (χ2n) is 8.85. The van der Waals surface area contributed by atoms with Crippen LogP contribution >= 0.6 is 0 Å². The van der Waals surface area contributed by atoms with E-state index in [2.05, 4.69) is 32.6 Å². The van der Waals surface area contributed by atoms with E-state index in [1.807, 2.05) is 6.92 Å². The van der Waals surface area contributed by atoms with E-state index in [0.717, 1.165) is 25.7 Å². The summed E-state index contributed by atoms with van der Waals surface area (Å²) in [5.41, 5.74) is 0.626. The number of allylic oxidation sites excluding steroid dienone is 2. The molecule has 0 bridgehead atoms. The van der Waals surface area contributed by atoms with Crippen molar-refractivity contribution in [2.75, 3.05) is 0 Å². The van der Waals surface area contributed by atoms with Crippen LogP contribution in [-0.2, 0) is 14.3 Å². The molecule has 1 aliphatic heterocycles. The van der Waals surface area contributed by atoms with Crippen LogP contribution in [0.2, 0.25) is 0 Å². The first kappa shape index (κ1) is 15.2. The molecule has 2 saturated carbocycles. The lowest BCUT2D eigenvalue weighted by molar-refractivity contribution is -0.155. The number of hydrogen-bond donors (Lipinski definition) is 0. The smallest absolute Gasteiger partial charge is 0.320 e. The van der Waals surface area contributed by atoms with Crippen LogP contribution in [0.1, 0.15) is 52.9 Å². The molecule has 3 heteroatoms. The summed E-state index contributed by atoms with van der Waals surface area (Å²) in [6, 6.07) is 0. The van der Waals surface area contributed by atoms with E-state index in [0.29, 0.717) is 12.3 Å². The van der Waals surface area contributed by atoms with Gasteiger partial charge in [-0.3, -0.25) is 9.59 Å². The molecule has 1 saturated heterocycles. The first-order chi connectivity index (χ1) is 10.7. The van der Waals surface area contributed by atoms with E-state index in [4.69, 9.17) is 4.74 Å². The Balaban J connectivity index is 1.83. The molecule has 0 aromatic heterocycles. The maximum Gasteiger partial charge on any atom is 0.320 e. The number of hydrogen-bond acceptors (Lipinski definition) is 3. The van der Waals surface area contributed by atoms with Gasteiger partial charge >= 0.3 is 5.97 Å². The zero-order valence-corrected chi connectivity index (χ0v) is 14.4. The number of Topliss-reactive ketones (excluding diaryl/α,β-unsaturated/α-hetero) is 1. The van der Waals surface area contributed by atoms with Crippen molar-refractivity contribution in [3.05, 3.63) is 24.3 Å². The highest BCUT2D eigenvalue weighted by molar-refractivity contribution is 6.06. The Kier molecular flexibility index (Phi) is 2.88. The lowest BCUT2D eigenvalue weighted by Crippen LogP contribution is -2.57. The molecule has 4 aliphatic rings. The Morgan fingerprint density at radius 2 is 2.00 bits per heavy atom. The Hall–Kier alpha value is -1.38. The molecule has 3 fully saturated rings. The van der Waals surface area contributed by atoms with Gasteiger partial charge in [-0.05, 0) is 55.4 Å². The lowest BCUT2D eigenvalue weighted by atomic mass is 9.45. The number of carbonyl (C=O) groups is 2. The predicted molar refractivity (Wildman–Crippen MR) is 87.6 cm³/mol. The zero-order chi connectivity index (χ0) is 16.6. The highest BCUT2D eigenvalue weighted by atomic mass is 16.6. The average Bonchev–Trinajstić information content (AvgIpc) is 2.77. The number of ketones is 1. The van der Waals surface area contributed by atoms with Gasteiger partial charge in [-0.1, -0.05) is 25.5 Å². The van der Waals surface area contributed by atoms with Crippen molar-refractivity contribution in [3.8, 4) is 0 Å². The summed E-state index contributed by atoms with van der Waals surface area (Å²) < 4.78 is 5.71. The second-order valence-corrected chi connectivity index (χ2v) is 8.85. The summed E-state index contributed by atoms with van der Waals surface area (Å²) in [7, 11) is 0. The molecule has 0 aromatic carbocycles. The van der Waals surface area contributed by atoms with Crippen LogP contribution in [0.15, 0.2) is 24.3 Å². The molecule has 124 valence electrons. The maximum absolute atomic E-state index is 12.6. The molecule has 0 aromatic rings. The SMILES string of the molecule is C=C[C@]1(C)CCC2C(=C[C@H]3OC(=O)[C@@]4(C)C(=O)CC[C@@]2(C)C34)C1. The van der Waals surface area contributed by atoms with Crippen LogP contribution in [0.5, 0.6) is 0 Å². The molecule has 0 N–H and O–H groups in total. The summed E-state index contributed by atoms with van der Waals surface area (Å²) in [5.74, 6) is 0.255. The standard InChI is InChI=1S/C20H26O3/c1-5-18(2)8-6-13-12(11-18)10-14-16-19(13,3)9-7-15(21)20(16,4)17(22)23-14/h5,10,13-14,16H,1,6-9,11H2,2-4H3/t13?,14-,16?,18-,19-,20+/m1/s1. The van der Waals surface area contributed by atoms with Crippen molar-refractivity contribution in [1.82, 2.24) is 0 Å². The van der Waals surface area contributed by atoms with E-state index < -0.39 is 5.41 Å².